The van der Waals surface area contributed by atoms with E-state index in [-0.39, 0.29) is 11.8 Å². The van der Waals surface area contributed by atoms with Gasteiger partial charge in [-0.05, 0) is 75.6 Å². The van der Waals surface area contributed by atoms with E-state index in [2.05, 4.69) is 44.8 Å². The molecule has 1 aromatic rings. The second-order valence-corrected chi connectivity index (χ2v) is 9.67. The number of rotatable bonds is 11. The number of aliphatic hydroxyl groups excluding tert-OH is 1. The van der Waals surface area contributed by atoms with E-state index in [0.29, 0.717) is 43.5 Å². The first-order valence-corrected chi connectivity index (χ1v) is 14.2. The molecule has 2 unspecified atom stereocenters. The number of aliphatic hydroxyl groups is 1. The number of amides is 2. The van der Waals surface area contributed by atoms with Crippen LogP contribution in [-0.4, -0.2) is 47.1 Å². The predicted molar refractivity (Wildman–Crippen MR) is 150 cm³/mol. The number of aryl methyl sites for hydroxylation is 1. The molecule has 0 radical (unpaired) electrons. The van der Waals surface area contributed by atoms with E-state index in [9.17, 15) is 23.5 Å². The van der Waals surface area contributed by atoms with Gasteiger partial charge in [-0.25, -0.2) is 8.78 Å². The van der Waals surface area contributed by atoms with Crippen molar-refractivity contribution in [3.8, 4) is 0 Å². The Balaban J connectivity index is 0. The lowest BCUT2D eigenvalue weighted by Gasteiger charge is -2.37. The third-order valence-corrected chi connectivity index (χ3v) is 5.89. The van der Waals surface area contributed by atoms with Gasteiger partial charge >= 0.3 is 0 Å². The third kappa shape index (κ3) is 18.9. The standard InChI is InChI=1S/C16H35NO.C7H6F2.C5H7NO2.C2H6/c1-6-9-16(11-10-14(4)5)17(12-7-2)15(8-3)13-18;1-5-2-6(8)4-7(9)3-5;7-4-2-1-3-5(8)6-4;1-2/h14-16,18H,6-13H2,1-5H3;2-4H,1H3;1-3H2,(H,6,7,8);1-2H3. The van der Waals surface area contributed by atoms with Gasteiger partial charge in [0.05, 0.1) is 6.61 Å². The number of carbonyl (C=O) groups is 2. The smallest absolute Gasteiger partial charge is 0.226 e. The predicted octanol–water partition coefficient (Wildman–Crippen LogP) is 7.19. The van der Waals surface area contributed by atoms with Gasteiger partial charge < -0.3 is 5.11 Å². The number of benzene rings is 1. The summed E-state index contributed by atoms with van der Waals surface area (Å²) < 4.78 is 24.4. The highest BCUT2D eigenvalue weighted by Gasteiger charge is 2.23. The van der Waals surface area contributed by atoms with Crippen LogP contribution in [0.1, 0.15) is 112 Å². The Morgan fingerprint density at radius 3 is 1.76 bits per heavy atom. The van der Waals surface area contributed by atoms with Crippen molar-refractivity contribution in [1.29, 1.82) is 0 Å². The summed E-state index contributed by atoms with van der Waals surface area (Å²) in [6.07, 6.45) is 9.04. The van der Waals surface area contributed by atoms with Gasteiger partial charge in [-0.2, -0.15) is 0 Å². The number of nitrogens with zero attached hydrogens (tertiary/aromatic N) is 1. The van der Waals surface area contributed by atoms with Crippen molar-refractivity contribution in [3.63, 3.8) is 0 Å². The Morgan fingerprint density at radius 2 is 1.43 bits per heavy atom. The first-order valence-electron chi connectivity index (χ1n) is 14.2. The topological polar surface area (TPSA) is 69.6 Å². The quantitative estimate of drug-likeness (QED) is 0.298. The van der Waals surface area contributed by atoms with Crippen molar-refractivity contribution in [2.75, 3.05) is 13.2 Å². The lowest BCUT2D eigenvalue weighted by molar-refractivity contribution is -0.132. The van der Waals surface area contributed by atoms with Crippen molar-refractivity contribution < 1.29 is 23.5 Å². The van der Waals surface area contributed by atoms with Crippen LogP contribution in [0.5, 0.6) is 0 Å². The molecule has 1 fully saturated rings. The van der Waals surface area contributed by atoms with Crippen LogP contribution in [0.3, 0.4) is 0 Å². The minimum Gasteiger partial charge on any atom is -0.395 e. The molecule has 2 amide bonds. The van der Waals surface area contributed by atoms with E-state index in [1.807, 2.05) is 13.8 Å². The summed E-state index contributed by atoms with van der Waals surface area (Å²) in [7, 11) is 0. The Bertz CT molecular complexity index is 660. The molecule has 0 aromatic heterocycles. The van der Waals surface area contributed by atoms with E-state index in [1.165, 1.54) is 44.2 Å². The summed E-state index contributed by atoms with van der Waals surface area (Å²) in [6, 6.07) is 4.43. The number of halogens is 2. The fourth-order valence-corrected chi connectivity index (χ4v) is 4.11. The average Bonchev–Trinajstić information content (AvgIpc) is 2.83. The molecule has 2 rings (SSSR count). The number of piperidine rings is 1. The van der Waals surface area contributed by atoms with Crippen LogP contribution in [0.15, 0.2) is 18.2 Å². The van der Waals surface area contributed by atoms with E-state index in [1.54, 1.807) is 6.92 Å². The van der Waals surface area contributed by atoms with Crippen LogP contribution in [0.4, 0.5) is 8.78 Å². The van der Waals surface area contributed by atoms with Gasteiger partial charge in [-0.15, -0.1) is 0 Å². The number of hydrogen-bond acceptors (Lipinski definition) is 4. The molecular formula is C30H54F2N2O3. The highest BCUT2D eigenvalue weighted by molar-refractivity contribution is 5.97. The Kier molecular flexibility index (Phi) is 23.5. The number of imide groups is 1. The van der Waals surface area contributed by atoms with Crippen molar-refractivity contribution in [3.05, 3.63) is 35.4 Å². The van der Waals surface area contributed by atoms with Crippen LogP contribution in [0.25, 0.3) is 0 Å². The maximum atomic E-state index is 12.2. The molecule has 1 heterocycles. The van der Waals surface area contributed by atoms with Crippen LogP contribution < -0.4 is 5.32 Å². The summed E-state index contributed by atoms with van der Waals surface area (Å²) in [5, 5.41) is 11.8. The largest absolute Gasteiger partial charge is 0.395 e. The van der Waals surface area contributed by atoms with Crippen LogP contribution in [0, 0.1) is 24.5 Å². The molecular weight excluding hydrogens is 474 g/mol. The lowest BCUT2D eigenvalue weighted by Crippen LogP contribution is -2.45. The molecule has 2 atom stereocenters. The van der Waals surface area contributed by atoms with Gasteiger partial charge in [0.25, 0.3) is 0 Å². The van der Waals surface area contributed by atoms with E-state index in [0.717, 1.165) is 24.9 Å². The second-order valence-electron chi connectivity index (χ2n) is 9.67. The zero-order chi connectivity index (χ0) is 28.8. The highest BCUT2D eigenvalue weighted by atomic mass is 19.1. The number of hydrogen-bond donors (Lipinski definition) is 2. The molecule has 2 N–H and O–H groups in total. The van der Waals surface area contributed by atoms with E-state index < -0.39 is 11.6 Å². The molecule has 1 aliphatic heterocycles. The highest BCUT2D eigenvalue weighted by Crippen LogP contribution is 2.20. The maximum Gasteiger partial charge on any atom is 0.226 e. The zero-order valence-electron chi connectivity index (χ0n) is 24.7. The molecule has 1 aromatic carbocycles. The van der Waals surface area contributed by atoms with Gasteiger partial charge in [-0.3, -0.25) is 19.8 Å². The zero-order valence-corrected chi connectivity index (χ0v) is 24.7. The molecule has 0 bridgehead atoms. The van der Waals surface area contributed by atoms with Gasteiger partial charge in [-0.1, -0.05) is 54.9 Å². The monoisotopic (exact) mass is 528 g/mol. The van der Waals surface area contributed by atoms with Crippen LogP contribution in [0.2, 0.25) is 0 Å². The van der Waals surface area contributed by atoms with Crippen molar-refractivity contribution in [2.24, 2.45) is 5.92 Å². The van der Waals surface area contributed by atoms with Crippen molar-refractivity contribution >= 4 is 11.8 Å². The van der Waals surface area contributed by atoms with Gasteiger partial charge in [0.2, 0.25) is 11.8 Å². The summed E-state index contributed by atoms with van der Waals surface area (Å²) >= 11 is 0. The van der Waals surface area contributed by atoms with Crippen LogP contribution in [-0.2, 0) is 9.59 Å². The fraction of sp³-hybridized carbons (Fsp3) is 0.733. The maximum absolute atomic E-state index is 12.2. The van der Waals surface area contributed by atoms with E-state index >= 15 is 0 Å². The number of nitrogens with one attached hydrogen (secondary N) is 1. The summed E-state index contributed by atoms with van der Waals surface area (Å²) in [5.74, 6) is -0.537. The van der Waals surface area contributed by atoms with Gasteiger partial charge in [0.1, 0.15) is 11.6 Å². The molecule has 0 aliphatic carbocycles. The minimum atomic E-state index is -0.521. The summed E-state index contributed by atoms with van der Waals surface area (Å²) in [5.41, 5.74) is 0.604. The fourth-order valence-electron chi connectivity index (χ4n) is 4.11. The first kappa shape index (κ1) is 37.3. The molecule has 1 saturated heterocycles. The minimum absolute atomic E-state index is 0.138. The Morgan fingerprint density at radius 1 is 0.892 bits per heavy atom. The average molecular weight is 529 g/mol. The first-order chi connectivity index (χ1) is 17.6. The third-order valence-electron chi connectivity index (χ3n) is 5.89. The molecule has 7 heteroatoms. The normalized spacial score (nSPS) is 14.4. The molecule has 1 aliphatic rings. The van der Waals surface area contributed by atoms with Crippen molar-refractivity contribution in [1.82, 2.24) is 10.2 Å². The lowest BCUT2D eigenvalue weighted by atomic mass is 9.97. The molecule has 0 saturated carbocycles. The van der Waals surface area contributed by atoms with Gasteiger partial charge in [0, 0.05) is 31.0 Å². The SMILES string of the molecule is CC.CCCC(CCC(C)C)N(CCC)C(CC)CO.Cc1cc(F)cc(F)c1.O=C1CCCC(=O)N1. The van der Waals surface area contributed by atoms with E-state index in [4.69, 9.17) is 0 Å². The van der Waals surface area contributed by atoms with Crippen molar-refractivity contribution in [2.45, 2.75) is 125 Å². The molecule has 37 heavy (non-hydrogen) atoms. The van der Waals surface area contributed by atoms with Gasteiger partial charge in [0.15, 0.2) is 0 Å². The van der Waals surface area contributed by atoms with Crippen LogP contribution >= 0.6 is 0 Å². The molecule has 0 spiro atoms. The Hall–Kier alpha value is -1.86. The Labute approximate surface area is 225 Å². The summed E-state index contributed by atoms with van der Waals surface area (Å²) in [4.78, 5) is 23.3. The molecule has 216 valence electrons. The molecule has 5 nitrogen and oxygen atoms in total. The number of carbonyl (C=O) groups excluding carboxylic acids is 2. The second kappa shape index (κ2) is 23.3. The summed E-state index contributed by atoms with van der Waals surface area (Å²) in [6.45, 7) is 18.4.